The van der Waals surface area contributed by atoms with Crippen LogP contribution in [0.1, 0.15) is 31.0 Å². The molecule has 3 aromatic rings. The molecular weight excluding hydrogens is 373 g/mol. The summed E-state index contributed by atoms with van der Waals surface area (Å²) in [4.78, 5) is 10.4. The van der Waals surface area contributed by atoms with E-state index in [4.69, 9.17) is 0 Å². The van der Waals surface area contributed by atoms with Crippen LogP contribution in [-0.2, 0) is 0 Å². The van der Waals surface area contributed by atoms with Gasteiger partial charge in [-0.25, -0.2) is 4.39 Å². The molecule has 2 aliphatic heterocycles. The highest BCUT2D eigenvalue weighted by molar-refractivity contribution is 5.93. The summed E-state index contributed by atoms with van der Waals surface area (Å²) in [5.74, 6) is -0.219. The molecule has 1 fully saturated rings. The van der Waals surface area contributed by atoms with E-state index in [1.165, 1.54) is 34.4 Å². The van der Waals surface area contributed by atoms with E-state index in [2.05, 4.69) is 53.0 Å². The van der Waals surface area contributed by atoms with Crippen LogP contribution in [0.2, 0.25) is 0 Å². The fourth-order valence-corrected chi connectivity index (χ4v) is 4.91. The highest BCUT2D eigenvalue weighted by atomic mass is 19.1. The molecule has 0 amide bonds. The highest BCUT2D eigenvalue weighted by Gasteiger charge is 2.31. The molecule has 30 heavy (non-hydrogen) atoms. The molecule has 0 radical (unpaired) electrons. The summed E-state index contributed by atoms with van der Waals surface area (Å²) in [5.41, 5.74) is 9.73. The van der Waals surface area contributed by atoms with Crippen molar-refractivity contribution in [3.8, 4) is 22.4 Å². The van der Waals surface area contributed by atoms with Crippen molar-refractivity contribution >= 4 is 5.57 Å². The average molecular weight is 400 g/mol. The number of hydrogen-bond acceptors (Lipinski definition) is 2. The Balaban J connectivity index is 1.66. The number of benzene rings is 1. The zero-order valence-electron chi connectivity index (χ0n) is 17.5. The number of pyridine rings is 1. The molecule has 0 aliphatic carbocycles. The van der Waals surface area contributed by atoms with Gasteiger partial charge in [0.25, 0.3) is 0 Å². The van der Waals surface area contributed by atoms with E-state index in [9.17, 15) is 4.39 Å². The number of hydrogen-bond donors (Lipinski definition) is 1. The Morgan fingerprint density at radius 1 is 1.07 bits per heavy atom. The molecule has 4 heterocycles. The zero-order chi connectivity index (χ0) is 20.7. The monoisotopic (exact) mass is 399 g/mol. The van der Waals surface area contributed by atoms with Crippen molar-refractivity contribution in [2.75, 3.05) is 13.1 Å². The first-order valence-corrected chi connectivity index (χ1v) is 10.6. The first-order valence-electron chi connectivity index (χ1n) is 10.6. The third-order valence-electron chi connectivity index (χ3n) is 6.43. The van der Waals surface area contributed by atoms with Gasteiger partial charge in [0.1, 0.15) is 5.82 Å². The molecule has 1 atom stereocenters. The van der Waals surface area contributed by atoms with Crippen molar-refractivity contribution < 1.29 is 4.39 Å². The molecule has 1 unspecified atom stereocenters. The van der Waals surface area contributed by atoms with Crippen LogP contribution >= 0.6 is 0 Å². The Morgan fingerprint density at radius 2 is 1.83 bits per heavy atom. The van der Waals surface area contributed by atoms with E-state index in [1.807, 2.05) is 24.5 Å². The summed E-state index contributed by atoms with van der Waals surface area (Å²) in [6.45, 7) is 6.47. The van der Waals surface area contributed by atoms with Crippen molar-refractivity contribution in [2.45, 2.75) is 32.7 Å². The molecule has 2 aromatic heterocycles. The summed E-state index contributed by atoms with van der Waals surface area (Å²) < 4.78 is 13.5. The second-order valence-corrected chi connectivity index (χ2v) is 8.25. The predicted octanol–water partition coefficient (Wildman–Crippen LogP) is 6.00. The number of aromatic amines is 1. The second kappa shape index (κ2) is 7.69. The minimum absolute atomic E-state index is 0.219. The molecule has 0 saturated carbocycles. The smallest absolute Gasteiger partial charge is 0.123 e. The van der Waals surface area contributed by atoms with Gasteiger partial charge in [0.2, 0.25) is 0 Å². The van der Waals surface area contributed by atoms with Gasteiger partial charge >= 0.3 is 0 Å². The summed E-state index contributed by atoms with van der Waals surface area (Å²) in [5, 5.41) is 0. The molecule has 0 bridgehead atoms. The maximum atomic E-state index is 13.5. The summed E-state index contributed by atoms with van der Waals surface area (Å²) in [6, 6.07) is 11.3. The fraction of sp³-hybridized carbons (Fsp3) is 0.269. The Labute approximate surface area is 177 Å². The topological polar surface area (TPSA) is 31.9 Å². The molecule has 3 nitrogen and oxygen atoms in total. The van der Waals surface area contributed by atoms with Gasteiger partial charge in [0.15, 0.2) is 0 Å². The summed E-state index contributed by atoms with van der Waals surface area (Å²) >= 11 is 0. The Kier molecular flexibility index (Phi) is 4.87. The van der Waals surface area contributed by atoms with Crippen molar-refractivity contribution in [1.29, 1.82) is 0 Å². The van der Waals surface area contributed by atoms with Gasteiger partial charge in [-0.1, -0.05) is 17.7 Å². The number of aromatic nitrogens is 2. The lowest BCUT2D eigenvalue weighted by molar-refractivity contribution is 0.290. The Morgan fingerprint density at radius 3 is 2.57 bits per heavy atom. The van der Waals surface area contributed by atoms with Crippen LogP contribution in [-0.4, -0.2) is 34.0 Å². The molecule has 2 aliphatic rings. The van der Waals surface area contributed by atoms with Gasteiger partial charge in [-0.15, -0.1) is 0 Å². The lowest BCUT2D eigenvalue weighted by atomic mass is 9.89. The largest absolute Gasteiger partial charge is 0.358 e. The molecular formula is C26H26FN3. The highest BCUT2D eigenvalue weighted by Crippen LogP contribution is 2.43. The molecule has 1 saturated heterocycles. The number of H-pyrrole nitrogens is 1. The lowest BCUT2D eigenvalue weighted by Crippen LogP contribution is -2.32. The van der Waals surface area contributed by atoms with Gasteiger partial charge in [0.05, 0.1) is 5.69 Å². The molecule has 0 spiro atoms. The van der Waals surface area contributed by atoms with Crippen molar-refractivity contribution in [3.05, 3.63) is 83.6 Å². The molecule has 5 rings (SSSR count). The quantitative estimate of drug-likeness (QED) is 0.548. The minimum Gasteiger partial charge on any atom is -0.358 e. The van der Waals surface area contributed by atoms with Crippen LogP contribution in [0.3, 0.4) is 0 Å². The summed E-state index contributed by atoms with van der Waals surface area (Å²) in [7, 11) is 0. The molecule has 4 heteroatoms. The van der Waals surface area contributed by atoms with E-state index in [1.54, 1.807) is 0 Å². The SMILES string of the molecule is CC=C1CC2C=C(c3c(C)[nH]c(-c4ccc(F)cc4)c3-c3ccncc3)CCN2C1. The first kappa shape index (κ1) is 19.0. The molecule has 1 N–H and O–H groups in total. The maximum Gasteiger partial charge on any atom is 0.123 e. The number of rotatable bonds is 3. The third kappa shape index (κ3) is 3.31. The second-order valence-electron chi connectivity index (χ2n) is 8.25. The number of nitrogens with zero attached hydrogens (tertiary/aromatic N) is 2. The van der Waals surface area contributed by atoms with E-state index in [0.717, 1.165) is 48.4 Å². The van der Waals surface area contributed by atoms with Crippen LogP contribution in [0.4, 0.5) is 4.39 Å². The van der Waals surface area contributed by atoms with Crippen LogP contribution < -0.4 is 0 Å². The lowest BCUT2D eigenvalue weighted by Gasteiger charge is -2.28. The van der Waals surface area contributed by atoms with E-state index < -0.39 is 0 Å². The van der Waals surface area contributed by atoms with Gasteiger partial charge < -0.3 is 4.98 Å². The van der Waals surface area contributed by atoms with E-state index in [-0.39, 0.29) is 5.82 Å². The van der Waals surface area contributed by atoms with Gasteiger partial charge in [-0.2, -0.15) is 0 Å². The third-order valence-corrected chi connectivity index (χ3v) is 6.43. The number of nitrogens with one attached hydrogen (secondary N) is 1. The van der Waals surface area contributed by atoms with E-state index >= 15 is 0 Å². The van der Waals surface area contributed by atoms with Crippen LogP contribution in [0.25, 0.3) is 28.0 Å². The Bertz CT molecular complexity index is 1120. The number of aryl methyl sites for hydroxylation is 1. The zero-order valence-corrected chi connectivity index (χ0v) is 17.5. The van der Waals surface area contributed by atoms with Gasteiger partial charge in [-0.3, -0.25) is 9.88 Å². The van der Waals surface area contributed by atoms with Crippen LogP contribution in [0.5, 0.6) is 0 Å². The van der Waals surface area contributed by atoms with Crippen molar-refractivity contribution in [2.24, 2.45) is 0 Å². The maximum absolute atomic E-state index is 13.5. The Hall–Kier alpha value is -2.98. The number of allylic oxidation sites excluding steroid dienone is 1. The standard InChI is InChI=1S/C26H26FN3/c1-3-18-14-23-15-21(10-13-30(23)16-18)24-17(2)29-26(20-4-6-22(27)7-5-20)25(24)19-8-11-28-12-9-19/h3-9,11-12,15,23,29H,10,13-14,16H2,1-2H3. The van der Waals surface area contributed by atoms with Crippen molar-refractivity contribution in [1.82, 2.24) is 14.9 Å². The fourth-order valence-electron chi connectivity index (χ4n) is 4.91. The molecule has 1 aromatic carbocycles. The van der Waals surface area contributed by atoms with Crippen molar-refractivity contribution in [3.63, 3.8) is 0 Å². The number of fused-ring (bicyclic) bond motifs is 1. The van der Waals surface area contributed by atoms with E-state index in [0.29, 0.717) is 6.04 Å². The normalized spacial score (nSPS) is 20.4. The minimum atomic E-state index is -0.219. The van der Waals surface area contributed by atoms with Gasteiger partial charge in [-0.05, 0) is 79.8 Å². The molecule has 152 valence electrons. The van der Waals surface area contributed by atoms with Gasteiger partial charge in [0, 0.05) is 48.3 Å². The van der Waals surface area contributed by atoms with Crippen LogP contribution in [0, 0.1) is 12.7 Å². The van der Waals surface area contributed by atoms with Crippen LogP contribution in [0.15, 0.2) is 66.5 Å². The first-order chi connectivity index (χ1) is 14.6. The number of halogens is 1. The predicted molar refractivity (Wildman–Crippen MR) is 120 cm³/mol. The average Bonchev–Trinajstić information content (AvgIpc) is 3.34. The summed E-state index contributed by atoms with van der Waals surface area (Å²) in [6.07, 6.45) is 10.6.